The summed E-state index contributed by atoms with van der Waals surface area (Å²) in [5.41, 5.74) is 1.26. The third-order valence-electron chi connectivity index (χ3n) is 6.27. The lowest BCUT2D eigenvalue weighted by atomic mass is 9.80. The van der Waals surface area contributed by atoms with Crippen molar-refractivity contribution in [2.24, 2.45) is 4.99 Å². The van der Waals surface area contributed by atoms with E-state index in [1.807, 2.05) is 25.2 Å². The molecule has 0 aromatic heterocycles. The van der Waals surface area contributed by atoms with Gasteiger partial charge in [-0.15, -0.1) is 30.4 Å². The SMILES string of the molecule is C#CCOc1cc(CNC(=NC)NCC2(N3CCOCC3)CCCCC2)ccc1OC.I. The monoisotopic (exact) mass is 556 g/mol. The van der Waals surface area contributed by atoms with Crippen molar-refractivity contribution < 1.29 is 14.2 Å². The van der Waals surface area contributed by atoms with E-state index in [-0.39, 0.29) is 36.1 Å². The fraction of sp³-hybridized carbons (Fsp3) is 0.625. The summed E-state index contributed by atoms with van der Waals surface area (Å²) < 4.78 is 16.6. The Morgan fingerprint density at radius 3 is 2.59 bits per heavy atom. The number of hydrogen-bond acceptors (Lipinski definition) is 5. The molecule has 1 heterocycles. The Kier molecular flexibility index (Phi) is 11.4. The fourth-order valence-electron chi connectivity index (χ4n) is 4.57. The van der Waals surface area contributed by atoms with Gasteiger partial charge in [-0.1, -0.05) is 31.2 Å². The van der Waals surface area contributed by atoms with E-state index in [1.165, 1.54) is 32.1 Å². The standard InChI is InChI=1S/C24H36N4O3.HI/c1-4-14-31-22-17-20(8-9-21(22)29-3)18-26-23(25-2)27-19-24(10-6-5-7-11-24)28-12-15-30-16-13-28;/h1,8-9,17H,5-7,10-16,18-19H2,2-3H3,(H2,25,26,27);1H. The molecule has 0 bridgehead atoms. The van der Waals surface area contributed by atoms with Crippen LogP contribution < -0.4 is 20.1 Å². The maximum absolute atomic E-state index is 5.61. The van der Waals surface area contributed by atoms with Crippen molar-refractivity contribution in [3.8, 4) is 23.8 Å². The van der Waals surface area contributed by atoms with Crippen LogP contribution in [0.15, 0.2) is 23.2 Å². The molecule has 2 N–H and O–H groups in total. The van der Waals surface area contributed by atoms with Crippen molar-refractivity contribution in [1.82, 2.24) is 15.5 Å². The number of terminal acetylenes is 1. The predicted molar refractivity (Wildman–Crippen MR) is 139 cm³/mol. The molecule has 32 heavy (non-hydrogen) atoms. The zero-order valence-electron chi connectivity index (χ0n) is 19.3. The Labute approximate surface area is 209 Å². The molecule has 0 radical (unpaired) electrons. The summed E-state index contributed by atoms with van der Waals surface area (Å²) in [6.45, 7) is 5.42. The fourth-order valence-corrected chi connectivity index (χ4v) is 4.57. The van der Waals surface area contributed by atoms with Gasteiger partial charge in [0.2, 0.25) is 0 Å². The van der Waals surface area contributed by atoms with E-state index in [2.05, 4.69) is 26.4 Å². The molecule has 1 aliphatic carbocycles. The van der Waals surface area contributed by atoms with E-state index in [0.29, 0.717) is 18.0 Å². The van der Waals surface area contributed by atoms with Gasteiger partial charge < -0.3 is 24.8 Å². The summed E-state index contributed by atoms with van der Waals surface area (Å²) in [6, 6.07) is 5.86. The van der Waals surface area contributed by atoms with Crippen LogP contribution in [0.5, 0.6) is 11.5 Å². The summed E-state index contributed by atoms with van der Waals surface area (Å²) in [4.78, 5) is 7.07. The Balaban J connectivity index is 0.00000363. The molecule has 7 nitrogen and oxygen atoms in total. The molecule has 0 unspecified atom stereocenters. The maximum Gasteiger partial charge on any atom is 0.191 e. The predicted octanol–water partition coefficient (Wildman–Crippen LogP) is 3.03. The second kappa shape index (κ2) is 13.8. The van der Waals surface area contributed by atoms with E-state index in [4.69, 9.17) is 20.6 Å². The van der Waals surface area contributed by atoms with Gasteiger partial charge in [0.15, 0.2) is 17.5 Å². The van der Waals surface area contributed by atoms with Crippen LogP contribution in [-0.2, 0) is 11.3 Å². The molecule has 0 amide bonds. The van der Waals surface area contributed by atoms with Gasteiger partial charge in [-0.25, -0.2) is 0 Å². The molecule has 8 heteroatoms. The van der Waals surface area contributed by atoms with Crippen molar-refractivity contribution in [2.75, 3.05) is 53.6 Å². The molecule has 1 saturated carbocycles. The number of rotatable bonds is 8. The summed E-state index contributed by atoms with van der Waals surface area (Å²) in [5.74, 6) is 4.62. The number of benzene rings is 1. The second-order valence-electron chi connectivity index (χ2n) is 8.14. The van der Waals surface area contributed by atoms with E-state index in [1.54, 1.807) is 7.11 Å². The molecule has 1 aliphatic heterocycles. The van der Waals surface area contributed by atoms with Crippen molar-refractivity contribution in [3.05, 3.63) is 23.8 Å². The first-order chi connectivity index (χ1) is 15.2. The molecular formula is C24H37IN4O3. The number of ether oxygens (including phenoxy) is 3. The van der Waals surface area contributed by atoms with Crippen LogP contribution in [0.3, 0.4) is 0 Å². The quantitative estimate of drug-likeness (QED) is 0.222. The molecular weight excluding hydrogens is 519 g/mol. The topological polar surface area (TPSA) is 67.4 Å². The summed E-state index contributed by atoms with van der Waals surface area (Å²) in [7, 11) is 3.43. The minimum absolute atomic E-state index is 0. The molecule has 178 valence electrons. The highest BCUT2D eigenvalue weighted by Gasteiger charge is 2.38. The minimum Gasteiger partial charge on any atom is -0.493 e. The van der Waals surface area contributed by atoms with E-state index in [0.717, 1.165) is 44.4 Å². The summed E-state index contributed by atoms with van der Waals surface area (Å²) in [5, 5.41) is 7.02. The van der Waals surface area contributed by atoms with Gasteiger partial charge in [0.05, 0.1) is 20.3 Å². The van der Waals surface area contributed by atoms with Crippen LogP contribution in [-0.4, -0.2) is 70.0 Å². The lowest BCUT2D eigenvalue weighted by Gasteiger charge is -2.48. The van der Waals surface area contributed by atoms with Gasteiger partial charge in [0.25, 0.3) is 0 Å². The van der Waals surface area contributed by atoms with Gasteiger partial charge in [-0.05, 0) is 30.5 Å². The summed E-state index contributed by atoms with van der Waals surface area (Å²) >= 11 is 0. The van der Waals surface area contributed by atoms with Crippen LogP contribution in [0.25, 0.3) is 0 Å². The van der Waals surface area contributed by atoms with E-state index >= 15 is 0 Å². The van der Waals surface area contributed by atoms with Gasteiger partial charge in [-0.2, -0.15) is 0 Å². The molecule has 1 aromatic rings. The zero-order valence-corrected chi connectivity index (χ0v) is 21.7. The lowest BCUT2D eigenvalue weighted by molar-refractivity contribution is -0.0352. The van der Waals surface area contributed by atoms with E-state index < -0.39 is 0 Å². The van der Waals surface area contributed by atoms with Gasteiger partial charge >= 0.3 is 0 Å². The highest BCUT2D eigenvalue weighted by atomic mass is 127. The van der Waals surface area contributed by atoms with Crippen LogP contribution in [0, 0.1) is 12.3 Å². The molecule has 0 spiro atoms. The minimum atomic E-state index is 0. The average molecular weight is 556 g/mol. The Hall–Kier alpha value is -1.70. The zero-order chi connectivity index (χ0) is 21.9. The molecule has 3 rings (SSSR count). The lowest BCUT2D eigenvalue weighted by Crippen LogP contribution is -2.60. The normalized spacial score (nSPS) is 18.7. The molecule has 2 fully saturated rings. The van der Waals surface area contributed by atoms with Crippen molar-refractivity contribution >= 4 is 29.9 Å². The number of aliphatic imine (C=N–C) groups is 1. The first kappa shape index (κ1) is 26.6. The summed E-state index contributed by atoms with van der Waals surface area (Å²) in [6.07, 6.45) is 11.7. The first-order valence-electron chi connectivity index (χ1n) is 11.2. The molecule has 0 atom stereocenters. The number of nitrogens with zero attached hydrogens (tertiary/aromatic N) is 2. The van der Waals surface area contributed by atoms with Crippen molar-refractivity contribution in [3.63, 3.8) is 0 Å². The number of halogens is 1. The maximum atomic E-state index is 5.61. The van der Waals surface area contributed by atoms with Gasteiger partial charge in [0, 0.05) is 38.8 Å². The highest BCUT2D eigenvalue weighted by molar-refractivity contribution is 14.0. The number of guanidine groups is 1. The number of hydrogen-bond donors (Lipinski definition) is 2. The Morgan fingerprint density at radius 1 is 1.19 bits per heavy atom. The number of nitrogens with one attached hydrogen (secondary N) is 2. The molecule has 2 aliphatic rings. The largest absolute Gasteiger partial charge is 0.493 e. The third-order valence-corrected chi connectivity index (χ3v) is 6.27. The van der Waals surface area contributed by atoms with Crippen LogP contribution in [0.2, 0.25) is 0 Å². The van der Waals surface area contributed by atoms with Crippen molar-refractivity contribution in [1.29, 1.82) is 0 Å². The van der Waals surface area contributed by atoms with Gasteiger partial charge in [0.1, 0.15) is 6.61 Å². The first-order valence-corrected chi connectivity index (χ1v) is 11.2. The third kappa shape index (κ3) is 7.15. The molecule has 1 aromatic carbocycles. The second-order valence-corrected chi connectivity index (χ2v) is 8.14. The van der Waals surface area contributed by atoms with Gasteiger partial charge in [-0.3, -0.25) is 9.89 Å². The van der Waals surface area contributed by atoms with Crippen molar-refractivity contribution in [2.45, 2.75) is 44.2 Å². The smallest absolute Gasteiger partial charge is 0.191 e. The van der Waals surface area contributed by atoms with Crippen LogP contribution in [0.1, 0.15) is 37.7 Å². The van der Waals surface area contributed by atoms with Crippen LogP contribution in [0.4, 0.5) is 0 Å². The number of morpholine rings is 1. The molecule has 1 saturated heterocycles. The Morgan fingerprint density at radius 2 is 1.94 bits per heavy atom. The highest BCUT2D eigenvalue weighted by Crippen LogP contribution is 2.34. The van der Waals surface area contributed by atoms with Crippen LogP contribution >= 0.6 is 24.0 Å². The van der Waals surface area contributed by atoms with E-state index in [9.17, 15) is 0 Å². The number of methoxy groups -OCH3 is 1. The average Bonchev–Trinajstić information content (AvgIpc) is 2.84. The Bertz CT molecular complexity index is 769.